The molecule has 0 bridgehead atoms. The minimum Gasteiger partial charge on any atom is -0.383 e. The van der Waals surface area contributed by atoms with E-state index >= 15 is 0 Å². The van der Waals surface area contributed by atoms with Gasteiger partial charge in [0.15, 0.2) is 0 Å². The van der Waals surface area contributed by atoms with Crippen molar-refractivity contribution >= 4 is 27.7 Å². The number of halogens is 1. The Morgan fingerprint density at radius 2 is 1.95 bits per heavy atom. The summed E-state index contributed by atoms with van der Waals surface area (Å²) >= 11 is 5.34. The van der Waals surface area contributed by atoms with Gasteiger partial charge in [-0.05, 0) is 29.8 Å². The van der Waals surface area contributed by atoms with E-state index in [4.69, 9.17) is 4.74 Å². The summed E-state index contributed by atoms with van der Waals surface area (Å²) in [4.78, 5) is 2.53. The van der Waals surface area contributed by atoms with Gasteiger partial charge in [0.05, 0.1) is 6.61 Å². The second kappa shape index (κ2) is 8.47. The maximum Gasteiger partial charge on any atom is 0.0587 e. The van der Waals surface area contributed by atoms with Crippen molar-refractivity contribution in [2.24, 2.45) is 0 Å². The van der Waals surface area contributed by atoms with Gasteiger partial charge in [-0.2, -0.15) is 0 Å². The van der Waals surface area contributed by atoms with Gasteiger partial charge in [-0.15, -0.1) is 0 Å². The van der Waals surface area contributed by atoms with E-state index in [-0.39, 0.29) is 0 Å². The Hall–Kier alpha value is -0.810. The van der Waals surface area contributed by atoms with Gasteiger partial charge in [0.2, 0.25) is 0 Å². The molecule has 4 heteroatoms. The molecule has 0 amide bonds. The zero-order valence-electron chi connectivity index (χ0n) is 11.4. The number of ether oxygens (including phenoxy) is 1. The van der Waals surface area contributed by atoms with E-state index in [9.17, 15) is 0 Å². The second-order valence-electron chi connectivity index (χ2n) is 4.34. The third-order valence-corrected chi connectivity index (χ3v) is 4.40. The number of hydrogen-bond acceptors (Lipinski definition) is 3. The van der Waals surface area contributed by atoms with Crippen LogP contribution in [0.3, 0.4) is 0 Å². The van der Waals surface area contributed by atoms with Crippen LogP contribution in [0.25, 0.3) is 0 Å². The molecule has 2 aromatic rings. The Balaban J connectivity index is 2.07. The van der Waals surface area contributed by atoms with Crippen molar-refractivity contribution in [3.8, 4) is 0 Å². The Morgan fingerprint density at radius 1 is 1.15 bits per heavy atom. The first-order valence-electron chi connectivity index (χ1n) is 6.50. The molecule has 0 aromatic heterocycles. The van der Waals surface area contributed by atoms with Gasteiger partial charge >= 0.3 is 0 Å². The third-order valence-electron chi connectivity index (χ3n) is 2.80. The molecule has 0 aliphatic heterocycles. The fraction of sp³-hybridized carbons (Fsp3) is 0.250. The van der Waals surface area contributed by atoms with E-state index in [1.54, 1.807) is 18.9 Å². The molecule has 2 aromatic carbocycles. The zero-order valence-corrected chi connectivity index (χ0v) is 13.8. The first-order chi connectivity index (χ1) is 9.79. The summed E-state index contributed by atoms with van der Waals surface area (Å²) in [5, 5.41) is 3.39. The zero-order chi connectivity index (χ0) is 14.2. The van der Waals surface area contributed by atoms with Crippen LogP contribution in [0.2, 0.25) is 0 Å². The largest absolute Gasteiger partial charge is 0.383 e. The van der Waals surface area contributed by atoms with Crippen molar-refractivity contribution in [2.45, 2.75) is 16.3 Å². The first-order valence-corrected chi connectivity index (χ1v) is 8.11. The minimum atomic E-state index is 0.734. The molecule has 2 rings (SSSR count). The third kappa shape index (κ3) is 4.94. The Morgan fingerprint density at radius 3 is 2.70 bits per heavy atom. The minimum absolute atomic E-state index is 0.734. The molecule has 1 N–H and O–H groups in total. The van der Waals surface area contributed by atoms with Gasteiger partial charge in [-0.1, -0.05) is 52.0 Å². The highest BCUT2D eigenvalue weighted by Crippen LogP contribution is 2.32. The Kier molecular flexibility index (Phi) is 6.60. The molecule has 2 nitrogen and oxygen atoms in total. The maximum atomic E-state index is 5.05. The van der Waals surface area contributed by atoms with E-state index in [1.807, 2.05) is 6.07 Å². The summed E-state index contributed by atoms with van der Waals surface area (Å²) in [5.41, 5.74) is 1.30. The van der Waals surface area contributed by atoms with Gasteiger partial charge in [-0.3, -0.25) is 0 Å². The molecule has 0 spiro atoms. The predicted octanol–water partition coefficient (Wildman–Crippen LogP) is 4.34. The molecule has 0 fully saturated rings. The van der Waals surface area contributed by atoms with Crippen molar-refractivity contribution in [3.05, 3.63) is 58.6 Å². The average molecular weight is 352 g/mol. The Labute approximate surface area is 133 Å². The van der Waals surface area contributed by atoms with Gasteiger partial charge in [0.25, 0.3) is 0 Å². The van der Waals surface area contributed by atoms with Crippen molar-refractivity contribution in [3.63, 3.8) is 0 Å². The summed E-state index contributed by atoms with van der Waals surface area (Å²) in [6.07, 6.45) is 0. The lowest BCUT2D eigenvalue weighted by atomic mass is 10.2. The molecule has 0 unspecified atom stereocenters. The number of benzene rings is 2. The fourth-order valence-electron chi connectivity index (χ4n) is 1.78. The highest BCUT2D eigenvalue weighted by Gasteiger charge is 2.05. The van der Waals surface area contributed by atoms with Gasteiger partial charge < -0.3 is 10.1 Å². The molecule has 0 saturated carbocycles. The standard InChI is InChI=1S/C16H18BrNOS/c1-19-10-9-18-12-13-7-8-14(17)11-16(13)20-15-5-3-2-4-6-15/h2-8,11,18H,9-10,12H2,1H3. The highest BCUT2D eigenvalue weighted by molar-refractivity contribution is 9.10. The topological polar surface area (TPSA) is 21.3 Å². The van der Waals surface area contributed by atoms with Crippen LogP contribution in [0.5, 0.6) is 0 Å². The molecule has 0 heterocycles. The van der Waals surface area contributed by atoms with E-state index < -0.39 is 0 Å². The number of nitrogens with one attached hydrogen (secondary N) is 1. The number of rotatable bonds is 7. The van der Waals surface area contributed by atoms with Crippen molar-refractivity contribution in [1.82, 2.24) is 5.32 Å². The summed E-state index contributed by atoms with van der Waals surface area (Å²) < 4.78 is 6.16. The lowest BCUT2D eigenvalue weighted by molar-refractivity contribution is 0.199. The van der Waals surface area contributed by atoms with E-state index in [0.29, 0.717) is 0 Å². The summed E-state index contributed by atoms with van der Waals surface area (Å²) in [5.74, 6) is 0. The molecule has 0 radical (unpaired) electrons. The molecular weight excluding hydrogens is 334 g/mol. The van der Waals surface area contributed by atoms with Crippen LogP contribution in [-0.2, 0) is 11.3 Å². The lowest BCUT2D eigenvalue weighted by Gasteiger charge is -2.11. The second-order valence-corrected chi connectivity index (χ2v) is 6.37. The molecule has 0 saturated heterocycles. The van der Waals surface area contributed by atoms with Gasteiger partial charge in [0, 0.05) is 34.5 Å². The fourth-order valence-corrected chi connectivity index (χ4v) is 3.30. The normalized spacial score (nSPS) is 10.7. The van der Waals surface area contributed by atoms with Gasteiger partial charge in [-0.25, -0.2) is 0 Å². The van der Waals surface area contributed by atoms with Crippen LogP contribution in [0.4, 0.5) is 0 Å². The van der Waals surface area contributed by atoms with E-state index in [1.165, 1.54) is 15.4 Å². The van der Waals surface area contributed by atoms with Crippen LogP contribution in [0.15, 0.2) is 62.8 Å². The quantitative estimate of drug-likeness (QED) is 0.749. The van der Waals surface area contributed by atoms with E-state index in [2.05, 4.69) is 63.7 Å². The monoisotopic (exact) mass is 351 g/mol. The van der Waals surface area contributed by atoms with Crippen LogP contribution >= 0.6 is 27.7 Å². The predicted molar refractivity (Wildman–Crippen MR) is 88.3 cm³/mol. The number of methoxy groups -OCH3 is 1. The molecule has 106 valence electrons. The van der Waals surface area contributed by atoms with Crippen molar-refractivity contribution in [2.75, 3.05) is 20.3 Å². The van der Waals surface area contributed by atoms with Gasteiger partial charge in [0.1, 0.15) is 0 Å². The van der Waals surface area contributed by atoms with Crippen LogP contribution in [-0.4, -0.2) is 20.3 Å². The van der Waals surface area contributed by atoms with Crippen molar-refractivity contribution in [1.29, 1.82) is 0 Å². The molecule has 0 atom stereocenters. The maximum absolute atomic E-state index is 5.05. The Bertz CT molecular complexity index is 533. The summed E-state index contributed by atoms with van der Waals surface area (Å²) in [7, 11) is 1.72. The van der Waals surface area contributed by atoms with E-state index in [0.717, 1.165) is 24.2 Å². The molecular formula is C16H18BrNOS. The number of hydrogen-bond donors (Lipinski definition) is 1. The van der Waals surface area contributed by atoms with Crippen LogP contribution in [0, 0.1) is 0 Å². The lowest BCUT2D eigenvalue weighted by Crippen LogP contribution is -2.18. The molecule has 0 aliphatic carbocycles. The van der Waals surface area contributed by atoms with Crippen molar-refractivity contribution < 1.29 is 4.74 Å². The summed E-state index contributed by atoms with van der Waals surface area (Å²) in [6, 6.07) is 16.9. The summed E-state index contributed by atoms with van der Waals surface area (Å²) in [6.45, 7) is 2.45. The van der Waals surface area contributed by atoms with Crippen LogP contribution < -0.4 is 5.32 Å². The smallest absolute Gasteiger partial charge is 0.0587 e. The molecule has 0 aliphatic rings. The van der Waals surface area contributed by atoms with Crippen LogP contribution in [0.1, 0.15) is 5.56 Å². The molecule has 20 heavy (non-hydrogen) atoms. The average Bonchev–Trinajstić information content (AvgIpc) is 2.47. The highest BCUT2D eigenvalue weighted by atomic mass is 79.9. The SMILES string of the molecule is COCCNCc1ccc(Br)cc1Sc1ccccc1. The first kappa shape index (κ1) is 15.6.